The van der Waals surface area contributed by atoms with E-state index in [1.54, 1.807) is 19.2 Å². The van der Waals surface area contributed by atoms with Gasteiger partial charge in [-0.25, -0.2) is 4.79 Å². The number of nitrogens with one attached hydrogen (secondary N) is 1. The van der Waals surface area contributed by atoms with Crippen molar-refractivity contribution in [3.63, 3.8) is 0 Å². The van der Waals surface area contributed by atoms with Crippen molar-refractivity contribution in [3.8, 4) is 0 Å². The van der Waals surface area contributed by atoms with Gasteiger partial charge in [-0.3, -0.25) is 0 Å². The lowest BCUT2D eigenvalue weighted by atomic mass is 10.2. The van der Waals surface area contributed by atoms with Gasteiger partial charge in [0.2, 0.25) is 0 Å². The molecule has 2 N–H and O–H groups in total. The van der Waals surface area contributed by atoms with Crippen molar-refractivity contribution in [1.29, 1.82) is 0 Å². The summed E-state index contributed by atoms with van der Waals surface area (Å²) in [4.78, 5) is 11.0. The first-order chi connectivity index (χ1) is 9.15. The molecule has 0 saturated heterocycles. The van der Waals surface area contributed by atoms with Crippen LogP contribution in [0.4, 0.5) is 5.69 Å². The molecule has 0 fully saturated rings. The number of ether oxygens (including phenoxy) is 2. The van der Waals surface area contributed by atoms with E-state index in [1.165, 1.54) is 6.07 Å². The van der Waals surface area contributed by atoms with Gasteiger partial charge in [0, 0.05) is 31.0 Å². The maximum absolute atomic E-state index is 11.0. The molecule has 0 aromatic heterocycles. The molecule has 19 heavy (non-hydrogen) atoms. The number of benzene rings is 1. The number of hydrogen-bond acceptors (Lipinski definition) is 4. The van der Waals surface area contributed by atoms with Gasteiger partial charge < -0.3 is 19.9 Å². The van der Waals surface area contributed by atoms with Gasteiger partial charge >= 0.3 is 5.97 Å². The molecule has 5 nitrogen and oxygen atoms in total. The Bertz CT molecular complexity index is 412. The molecule has 0 unspecified atom stereocenters. The Labute approximate surface area is 117 Å². The predicted octanol–water partition coefficient (Wildman–Crippen LogP) is 2.50. The maximum Gasteiger partial charge on any atom is 0.337 e. The molecule has 0 radical (unpaired) electrons. The Balaban J connectivity index is 2.35. The number of rotatable bonds is 9. The molecule has 0 heterocycles. The highest BCUT2D eigenvalue weighted by Gasteiger charge is 2.09. The molecule has 1 rings (SSSR count). The summed E-state index contributed by atoms with van der Waals surface area (Å²) >= 11 is 5.77. The number of halogens is 1. The molecule has 1 aromatic carbocycles. The molecular weight excluding hydrogens is 270 g/mol. The fourth-order valence-corrected chi connectivity index (χ4v) is 1.66. The summed E-state index contributed by atoms with van der Waals surface area (Å²) in [5, 5.41) is 12.5. The van der Waals surface area contributed by atoms with Crippen molar-refractivity contribution in [3.05, 3.63) is 28.8 Å². The largest absolute Gasteiger partial charge is 0.478 e. The molecule has 0 saturated carbocycles. The Morgan fingerprint density at radius 1 is 1.37 bits per heavy atom. The van der Waals surface area contributed by atoms with Crippen LogP contribution in [-0.2, 0) is 9.47 Å². The van der Waals surface area contributed by atoms with E-state index in [-0.39, 0.29) is 5.56 Å². The zero-order valence-corrected chi connectivity index (χ0v) is 11.6. The van der Waals surface area contributed by atoms with Gasteiger partial charge in [0.15, 0.2) is 0 Å². The molecule has 0 aliphatic carbocycles. The average molecular weight is 288 g/mol. The van der Waals surface area contributed by atoms with Crippen LogP contribution in [-0.4, -0.2) is 44.6 Å². The normalized spacial score (nSPS) is 10.4. The van der Waals surface area contributed by atoms with Gasteiger partial charge in [0.1, 0.15) is 0 Å². The lowest BCUT2D eigenvalue weighted by Crippen LogP contribution is -2.10. The Morgan fingerprint density at radius 3 is 2.84 bits per heavy atom. The monoisotopic (exact) mass is 287 g/mol. The highest BCUT2D eigenvalue weighted by molar-refractivity contribution is 6.31. The van der Waals surface area contributed by atoms with Crippen molar-refractivity contribution in [2.75, 3.05) is 38.8 Å². The SMILES string of the molecule is COCCOCCCNc1ccc(Cl)cc1C(=O)O. The Kier molecular flexibility index (Phi) is 7.25. The summed E-state index contributed by atoms with van der Waals surface area (Å²) in [6, 6.07) is 4.75. The van der Waals surface area contributed by atoms with Gasteiger partial charge in [-0.2, -0.15) is 0 Å². The minimum Gasteiger partial charge on any atom is -0.478 e. The van der Waals surface area contributed by atoms with Crippen LogP contribution >= 0.6 is 11.6 Å². The Morgan fingerprint density at radius 2 is 2.16 bits per heavy atom. The van der Waals surface area contributed by atoms with E-state index >= 15 is 0 Å². The zero-order valence-electron chi connectivity index (χ0n) is 10.8. The number of methoxy groups -OCH3 is 1. The summed E-state index contributed by atoms with van der Waals surface area (Å²) in [7, 11) is 1.62. The lowest BCUT2D eigenvalue weighted by molar-refractivity contribution is 0.0697. The van der Waals surface area contributed by atoms with Crippen LogP contribution in [0.25, 0.3) is 0 Å². The van der Waals surface area contributed by atoms with Crippen molar-refractivity contribution in [2.45, 2.75) is 6.42 Å². The maximum atomic E-state index is 11.0. The molecule has 0 bridgehead atoms. The van der Waals surface area contributed by atoms with E-state index in [1.807, 2.05) is 0 Å². The molecule has 1 aromatic rings. The first-order valence-corrected chi connectivity index (χ1v) is 6.36. The summed E-state index contributed by atoms with van der Waals surface area (Å²) in [5.41, 5.74) is 0.738. The standard InChI is InChI=1S/C13H18ClNO4/c1-18-7-8-19-6-2-5-15-12-4-3-10(14)9-11(12)13(16)17/h3-4,9,15H,2,5-8H2,1H3,(H,16,17). The van der Waals surface area contributed by atoms with Crippen molar-refractivity contribution < 1.29 is 19.4 Å². The molecule has 0 atom stereocenters. The van der Waals surface area contributed by atoms with Crippen molar-refractivity contribution >= 4 is 23.3 Å². The van der Waals surface area contributed by atoms with Gasteiger partial charge in [-0.15, -0.1) is 0 Å². The summed E-state index contributed by atoms with van der Waals surface area (Å²) < 4.78 is 10.2. The van der Waals surface area contributed by atoms with E-state index in [9.17, 15) is 4.79 Å². The van der Waals surface area contributed by atoms with Crippen LogP contribution in [0.5, 0.6) is 0 Å². The van der Waals surface area contributed by atoms with E-state index in [4.69, 9.17) is 26.2 Å². The van der Waals surface area contributed by atoms with Gasteiger partial charge in [-0.05, 0) is 24.6 Å². The molecular formula is C13H18ClNO4. The first kappa shape index (κ1) is 15.8. The number of carbonyl (C=O) groups is 1. The van der Waals surface area contributed by atoms with Crippen LogP contribution < -0.4 is 5.32 Å². The molecule has 0 aliphatic rings. The quantitative estimate of drug-likeness (QED) is 0.683. The molecule has 0 aliphatic heterocycles. The first-order valence-electron chi connectivity index (χ1n) is 5.98. The van der Waals surface area contributed by atoms with Gasteiger partial charge in [-0.1, -0.05) is 11.6 Å². The molecule has 6 heteroatoms. The third-order valence-electron chi connectivity index (χ3n) is 2.42. The van der Waals surface area contributed by atoms with Crippen LogP contribution in [0.2, 0.25) is 5.02 Å². The molecule has 0 spiro atoms. The Hall–Kier alpha value is -1.30. The lowest BCUT2D eigenvalue weighted by Gasteiger charge is -2.10. The van der Waals surface area contributed by atoms with E-state index in [0.717, 1.165) is 6.42 Å². The highest BCUT2D eigenvalue weighted by atomic mass is 35.5. The number of aromatic carboxylic acids is 1. The van der Waals surface area contributed by atoms with Crippen molar-refractivity contribution in [2.24, 2.45) is 0 Å². The van der Waals surface area contributed by atoms with Crippen LogP contribution in [0.15, 0.2) is 18.2 Å². The zero-order chi connectivity index (χ0) is 14.1. The number of anilines is 1. The molecule has 0 amide bonds. The number of hydrogen-bond donors (Lipinski definition) is 2. The van der Waals surface area contributed by atoms with Gasteiger partial charge in [0.25, 0.3) is 0 Å². The van der Waals surface area contributed by atoms with Crippen LogP contribution in [0.3, 0.4) is 0 Å². The third-order valence-corrected chi connectivity index (χ3v) is 2.66. The number of carboxylic acid groups (broad SMARTS) is 1. The summed E-state index contributed by atoms with van der Waals surface area (Å²) in [6.45, 7) is 2.38. The predicted molar refractivity (Wildman–Crippen MR) is 74.2 cm³/mol. The fraction of sp³-hybridized carbons (Fsp3) is 0.462. The second-order valence-electron chi connectivity index (χ2n) is 3.88. The van der Waals surface area contributed by atoms with Crippen LogP contribution in [0, 0.1) is 0 Å². The topological polar surface area (TPSA) is 67.8 Å². The second-order valence-corrected chi connectivity index (χ2v) is 4.32. The van der Waals surface area contributed by atoms with E-state index in [2.05, 4.69) is 5.32 Å². The minimum absolute atomic E-state index is 0.174. The summed E-state index contributed by atoms with van der Waals surface area (Å²) in [6.07, 6.45) is 0.783. The second kappa shape index (κ2) is 8.74. The van der Waals surface area contributed by atoms with E-state index in [0.29, 0.717) is 37.1 Å². The van der Waals surface area contributed by atoms with Crippen molar-refractivity contribution in [1.82, 2.24) is 0 Å². The smallest absolute Gasteiger partial charge is 0.337 e. The molecule has 106 valence electrons. The minimum atomic E-state index is -0.999. The van der Waals surface area contributed by atoms with Gasteiger partial charge in [0.05, 0.1) is 18.8 Å². The highest BCUT2D eigenvalue weighted by Crippen LogP contribution is 2.20. The van der Waals surface area contributed by atoms with E-state index < -0.39 is 5.97 Å². The number of carboxylic acids is 1. The fourth-order valence-electron chi connectivity index (χ4n) is 1.49. The summed E-state index contributed by atoms with van der Waals surface area (Å²) in [5.74, 6) is -0.999. The van der Waals surface area contributed by atoms with Crippen LogP contribution in [0.1, 0.15) is 16.8 Å². The third kappa shape index (κ3) is 5.92. The average Bonchev–Trinajstić information content (AvgIpc) is 2.39.